The molecule has 4 aromatic rings. The highest BCUT2D eigenvalue weighted by atomic mass is 16.5. The Balaban J connectivity index is 1.27. The number of aryl methyl sites for hydroxylation is 2. The van der Waals surface area contributed by atoms with Crippen molar-refractivity contribution >= 4 is 22.5 Å². The number of benzene rings is 3. The number of anilines is 1. The number of carbonyl (C=O) groups excluding carboxylic acids is 1. The monoisotopic (exact) mass is 643 g/mol. The fourth-order valence-electron chi connectivity index (χ4n) is 6.39. The maximum absolute atomic E-state index is 13.6. The lowest BCUT2D eigenvalue weighted by Crippen LogP contribution is -2.43. The van der Waals surface area contributed by atoms with Gasteiger partial charge < -0.3 is 36.0 Å². The lowest BCUT2D eigenvalue weighted by molar-refractivity contribution is 0.0904. The van der Waals surface area contributed by atoms with Crippen molar-refractivity contribution < 1.29 is 24.9 Å². The molecule has 1 fully saturated rings. The summed E-state index contributed by atoms with van der Waals surface area (Å²) in [5.74, 6) is -0.132. The van der Waals surface area contributed by atoms with Crippen molar-refractivity contribution in [1.29, 1.82) is 0 Å². The summed E-state index contributed by atoms with van der Waals surface area (Å²) in [6.07, 6.45) is 4.45. The number of aliphatic hydroxyl groups excluding tert-OH is 2. The van der Waals surface area contributed by atoms with E-state index in [0.29, 0.717) is 35.7 Å². The number of aromatic nitrogens is 2. The summed E-state index contributed by atoms with van der Waals surface area (Å²) in [5.41, 5.74) is 6.63. The van der Waals surface area contributed by atoms with Gasteiger partial charge in [0.1, 0.15) is 5.75 Å². The Morgan fingerprint density at radius 1 is 1.11 bits per heavy atom. The van der Waals surface area contributed by atoms with Gasteiger partial charge in [0.25, 0.3) is 5.91 Å². The predicted octanol–water partition coefficient (Wildman–Crippen LogP) is 4.98. The maximum Gasteiger partial charge on any atom is 0.251 e. The van der Waals surface area contributed by atoms with Crippen LogP contribution in [-0.2, 0) is 37.3 Å². The number of hydrogen-bond acceptors (Lipinski definition) is 8. The van der Waals surface area contributed by atoms with Crippen molar-refractivity contribution in [2.24, 2.45) is 0 Å². The van der Waals surface area contributed by atoms with Crippen LogP contribution in [-0.4, -0.2) is 62.3 Å². The predicted molar refractivity (Wildman–Crippen MR) is 185 cm³/mol. The molecule has 1 aliphatic rings. The summed E-state index contributed by atoms with van der Waals surface area (Å²) >= 11 is 0. The zero-order valence-corrected chi connectivity index (χ0v) is 28.0. The number of nitrogens with one attached hydrogen (secondary N) is 3. The first-order valence-electron chi connectivity index (χ1n) is 16.7. The van der Waals surface area contributed by atoms with Gasteiger partial charge in [-0.15, -0.1) is 0 Å². The van der Waals surface area contributed by atoms with Crippen LogP contribution in [0.25, 0.3) is 10.9 Å². The minimum absolute atomic E-state index is 0.00333. The highest BCUT2D eigenvalue weighted by molar-refractivity contribution is 5.96. The molecular weight excluding hydrogens is 594 g/mol. The highest BCUT2D eigenvalue weighted by Crippen LogP contribution is 2.33. The number of β-amino-alcohol motifs (C(OH)–C–C–N with tert-alkyl or cyclic N) is 1. The van der Waals surface area contributed by atoms with Gasteiger partial charge in [-0.1, -0.05) is 25.1 Å². The zero-order valence-electron chi connectivity index (χ0n) is 28.0. The van der Waals surface area contributed by atoms with Crippen LogP contribution in [0.2, 0.25) is 0 Å². The number of carbonyl (C=O) groups is 1. The van der Waals surface area contributed by atoms with Crippen LogP contribution in [0.15, 0.2) is 54.7 Å². The van der Waals surface area contributed by atoms with Crippen molar-refractivity contribution in [1.82, 2.24) is 20.4 Å². The molecule has 47 heavy (non-hydrogen) atoms. The van der Waals surface area contributed by atoms with Crippen molar-refractivity contribution in [3.8, 4) is 5.75 Å². The van der Waals surface area contributed by atoms with E-state index in [1.807, 2.05) is 35.1 Å². The molecule has 1 aliphatic heterocycles. The summed E-state index contributed by atoms with van der Waals surface area (Å²) in [7, 11) is 0. The van der Waals surface area contributed by atoms with Gasteiger partial charge >= 0.3 is 0 Å². The molecule has 6 N–H and O–H groups in total. The second-order valence-electron chi connectivity index (χ2n) is 13.1. The molecule has 0 aliphatic carbocycles. The molecule has 5 rings (SSSR count). The van der Waals surface area contributed by atoms with E-state index in [1.165, 1.54) is 11.6 Å². The zero-order chi connectivity index (χ0) is 33.6. The second kappa shape index (κ2) is 15.3. The van der Waals surface area contributed by atoms with E-state index in [1.54, 1.807) is 12.1 Å². The fraction of sp³-hybridized carbons (Fsp3) is 0.459. The molecule has 1 saturated heterocycles. The highest BCUT2D eigenvalue weighted by Gasteiger charge is 2.23. The Bertz CT molecular complexity index is 1680. The molecule has 1 atom stereocenters. The maximum atomic E-state index is 13.6. The van der Waals surface area contributed by atoms with Gasteiger partial charge in [-0.05, 0) is 99.0 Å². The summed E-state index contributed by atoms with van der Waals surface area (Å²) in [5, 5.41) is 46.2. The molecule has 0 bridgehead atoms. The van der Waals surface area contributed by atoms with E-state index in [2.05, 4.69) is 54.8 Å². The molecule has 1 amide bonds. The number of fused-ring (bicyclic) bond motifs is 1. The van der Waals surface area contributed by atoms with Crippen LogP contribution < -0.4 is 16.0 Å². The third-order valence-electron chi connectivity index (χ3n) is 9.09. The Kier molecular flexibility index (Phi) is 11.2. The van der Waals surface area contributed by atoms with Crippen LogP contribution in [0.5, 0.6) is 5.75 Å². The standard InChI is InChI=1S/C37H49N5O5/c1-5-25-18-32-31(21-40-42(32)6-2)35(41-29-12-14-47-15-13-29)30(25)20-38-36(46)27-9-7-8-24(16-27)19-37(3,4)39-22-34(45)26-10-11-33(44)28(17-26)23-43/h7-11,16-18,21,29,34,39,41,43-45H,5-6,12-15,19-20,22-23H2,1-4H3,(H,38,46)/t34-/m0/s1. The first kappa shape index (κ1) is 34.4. The van der Waals surface area contributed by atoms with Crippen molar-refractivity contribution in [2.45, 2.75) is 90.8 Å². The van der Waals surface area contributed by atoms with Crippen molar-refractivity contribution in [2.75, 3.05) is 25.1 Å². The topological polar surface area (TPSA) is 141 Å². The molecule has 2 heterocycles. The number of nitrogens with zero attached hydrogens (tertiary/aromatic N) is 2. The normalized spacial score (nSPS) is 14.8. The number of aliphatic hydroxyl groups is 2. The minimum atomic E-state index is -0.813. The Labute approximate surface area is 277 Å². The molecule has 3 aromatic carbocycles. The molecule has 0 unspecified atom stereocenters. The summed E-state index contributed by atoms with van der Waals surface area (Å²) < 4.78 is 7.62. The number of ether oxygens (including phenoxy) is 1. The van der Waals surface area contributed by atoms with Crippen LogP contribution in [0, 0.1) is 0 Å². The number of phenols is 1. The van der Waals surface area contributed by atoms with Gasteiger partial charge in [-0.25, -0.2) is 0 Å². The van der Waals surface area contributed by atoms with Gasteiger partial charge in [-0.2, -0.15) is 5.10 Å². The first-order valence-corrected chi connectivity index (χ1v) is 16.7. The molecule has 252 valence electrons. The number of amides is 1. The molecule has 10 nitrogen and oxygen atoms in total. The van der Waals surface area contributed by atoms with Gasteiger partial charge in [0.15, 0.2) is 0 Å². The second-order valence-corrected chi connectivity index (χ2v) is 13.1. The minimum Gasteiger partial charge on any atom is -0.508 e. The average Bonchev–Trinajstić information content (AvgIpc) is 3.50. The Morgan fingerprint density at radius 3 is 2.62 bits per heavy atom. The molecular formula is C37H49N5O5. The third-order valence-corrected chi connectivity index (χ3v) is 9.09. The van der Waals surface area contributed by atoms with Crippen molar-refractivity contribution in [3.05, 3.63) is 88.1 Å². The fourth-order valence-corrected chi connectivity index (χ4v) is 6.39. The van der Waals surface area contributed by atoms with E-state index in [0.717, 1.165) is 66.7 Å². The molecule has 0 spiro atoms. The van der Waals surface area contributed by atoms with Crippen LogP contribution in [0.4, 0.5) is 5.69 Å². The van der Waals surface area contributed by atoms with Crippen LogP contribution in [0.1, 0.15) is 84.8 Å². The van der Waals surface area contributed by atoms with E-state index < -0.39 is 6.10 Å². The average molecular weight is 644 g/mol. The largest absolute Gasteiger partial charge is 0.508 e. The summed E-state index contributed by atoms with van der Waals surface area (Å²) in [6.45, 7) is 11.0. The molecule has 10 heteroatoms. The van der Waals surface area contributed by atoms with Gasteiger partial charge in [0.2, 0.25) is 0 Å². The van der Waals surface area contributed by atoms with E-state index in [4.69, 9.17) is 4.74 Å². The molecule has 0 radical (unpaired) electrons. The van der Waals surface area contributed by atoms with E-state index in [9.17, 15) is 20.1 Å². The lowest BCUT2D eigenvalue weighted by atomic mass is 9.93. The van der Waals surface area contributed by atoms with Gasteiger partial charge in [0, 0.05) is 60.9 Å². The number of aromatic hydroxyl groups is 1. The first-order chi connectivity index (χ1) is 22.6. The molecule has 1 aromatic heterocycles. The number of hydrogen-bond donors (Lipinski definition) is 6. The summed E-state index contributed by atoms with van der Waals surface area (Å²) in [4.78, 5) is 13.6. The van der Waals surface area contributed by atoms with E-state index in [-0.39, 0.29) is 30.3 Å². The Morgan fingerprint density at radius 2 is 1.89 bits per heavy atom. The quantitative estimate of drug-likeness (QED) is 0.113. The third kappa shape index (κ3) is 8.31. The van der Waals surface area contributed by atoms with Crippen molar-refractivity contribution in [3.63, 3.8) is 0 Å². The van der Waals surface area contributed by atoms with Gasteiger partial charge in [0.05, 0.1) is 30.1 Å². The summed E-state index contributed by atoms with van der Waals surface area (Å²) in [6, 6.07) is 14.9. The Hall–Kier alpha value is -3.96. The molecule has 0 saturated carbocycles. The van der Waals surface area contributed by atoms with Crippen LogP contribution in [0.3, 0.4) is 0 Å². The van der Waals surface area contributed by atoms with Crippen LogP contribution >= 0.6 is 0 Å². The van der Waals surface area contributed by atoms with Gasteiger partial charge in [-0.3, -0.25) is 9.48 Å². The van der Waals surface area contributed by atoms with E-state index >= 15 is 0 Å². The smallest absolute Gasteiger partial charge is 0.251 e. The lowest BCUT2D eigenvalue weighted by Gasteiger charge is -2.28. The SMILES string of the molecule is CCc1cc2c(cnn2CC)c(NC2CCOCC2)c1CNC(=O)c1cccc(CC(C)(C)NC[C@H](O)c2ccc(O)c(CO)c2)c1. The number of rotatable bonds is 14.